The lowest BCUT2D eigenvalue weighted by Gasteiger charge is -2.35. The van der Waals surface area contributed by atoms with Crippen molar-refractivity contribution in [2.45, 2.75) is 57.5 Å². The van der Waals surface area contributed by atoms with Crippen molar-refractivity contribution in [2.75, 3.05) is 39.3 Å². The monoisotopic (exact) mass is 297 g/mol. The van der Waals surface area contributed by atoms with Crippen LogP contribution in [-0.4, -0.2) is 71.7 Å². The second-order valence-electron chi connectivity index (χ2n) is 6.78. The summed E-state index contributed by atoms with van der Waals surface area (Å²) >= 11 is 0. The van der Waals surface area contributed by atoms with E-state index in [4.69, 9.17) is 0 Å². The third-order valence-electron chi connectivity index (χ3n) is 4.86. The Morgan fingerprint density at radius 1 is 1.29 bits per heavy atom. The number of carboxylic acids is 1. The highest BCUT2D eigenvalue weighted by atomic mass is 16.4. The summed E-state index contributed by atoms with van der Waals surface area (Å²) in [6, 6.07) is 0.876. The summed E-state index contributed by atoms with van der Waals surface area (Å²) in [5.74, 6) is -0.727. The predicted molar refractivity (Wildman–Crippen MR) is 84.6 cm³/mol. The van der Waals surface area contributed by atoms with E-state index in [-0.39, 0.29) is 0 Å². The normalized spacial score (nSPS) is 23.9. The molecule has 5 nitrogen and oxygen atoms in total. The molecule has 5 heteroatoms. The number of carboxylic acid groups (broad SMARTS) is 1. The second-order valence-corrected chi connectivity index (χ2v) is 6.78. The van der Waals surface area contributed by atoms with Crippen LogP contribution in [0.25, 0.3) is 0 Å². The van der Waals surface area contributed by atoms with Gasteiger partial charge in [-0.05, 0) is 52.1 Å². The van der Waals surface area contributed by atoms with Crippen LogP contribution < -0.4 is 5.32 Å². The van der Waals surface area contributed by atoms with Gasteiger partial charge in [0, 0.05) is 32.2 Å². The number of hydrogen-bond acceptors (Lipinski definition) is 4. The molecule has 1 unspecified atom stereocenters. The molecule has 0 spiro atoms. The molecule has 1 heterocycles. The third-order valence-corrected chi connectivity index (χ3v) is 4.86. The molecule has 1 saturated heterocycles. The highest BCUT2D eigenvalue weighted by Gasteiger charge is 2.33. The van der Waals surface area contributed by atoms with E-state index in [1.165, 1.54) is 25.9 Å². The van der Waals surface area contributed by atoms with E-state index in [9.17, 15) is 9.90 Å². The number of aliphatic carboxylic acids is 1. The fraction of sp³-hybridized carbons (Fsp3) is 0.938. The maximum atomic E-state index is 11.5. The number of carbonyl (C=O) groups is 1. The first kappa shape index (κ1) is 16.7. The molecule has 2 fully saturated rings. The molecule has 0 aromatic carbocycles. The maximum absolute atomic E-state index is 11.5. The zero-order valence-corrected chi connectivity index (χ0v) is 13.6. The predicted octanol–water partition coefficient (Wildman–Crippen LogP) is 1.39. The Labute approximate surface area is 128 Å². The average Bonchev–Trinajstić information content (AvgIpc) is 3.30. The summed E-state index contributed by atoms with van der Waals surface area (Å²) in [7, 11) is 0. The van der Waals surface area contributed by atoms with Crippen LogP contribution in [0.5, 0.6) is 0 Å². The summed E-state index contributed by atoms with van der Waals surface area (Å²) in [5, 5.41) is 12.6. The number of piperazine rings is 1. The average molecular weight is 297 g/mol. The maximum Gasteiger partial charge on any atom is 0.323 e. The van der Waals surface area contributed by atoms with Crippen LogP contribution >= 0.6 is 0 Å². The lowest BCUT2D eigenvalue weighted by Crippen LogP contribution is -2.51. The van der Waals surface area contributed by atoms with Crippen molar-refractivity contribution in [1.82, 2.24) is 15.1 Å². The Bertz CT molecular complexity index is 338. The summed E-state index contributed by atoms with van der Waals surface area (Å²) in [6.45, 7) is 10.3. The minimum atomic E-state index is -0.772. The van der Waals surface area contributed by atoms with E-state index >= 15 is 0 Å². The van der Waals surface area contributed by atoms with Gasteiger partial charge in [0.15, 0.2) is 0 Å². The summed E-state index contributed by atoms with van der Waals surface area (Å²) < 4.78 is 0. The van der Waals surface area contributed by atoms with Crippen molar-refractivity contribution >= 4 is 5.97 Å². The van der Waals surface area contributed by atoms with Gasteiger partial charge in [-0.3, -0.25) is 9.69 Å². The first-order valence-electron chi connectivity index (χ1n) is 8.50. The smallest absolute Gasteiger partial charge is 0.323 e. The fourth-order valence-corrected chi connectivity index (χ4v) is 3.12. The molecule has 1 atom stereocenters. The number of hydrogen-bond donors (Lipinski definition) is 2. The van der Waals surface area contributed by atoms with E-state index in [0.29, 0.717) is 6.42 Å². The summed E-state index contributed by atoms with van der Waals surface area (Å²) in [6.07, 6.45) is 5.39. The van der Waals surface area contributed by atoms with E-state index in [2.05, 4.69) is 22.0 Å². The van der Waals surface area contributed by atoms with E-state index in [0.717, 1.165) is 45.1 Å². The van der Waals surface area contributed by atoms with Crippen LogP contribution in [0.1, 0.15) is 46.0 Å². The highest BCUT2D eigenvalue weighted by molar-refractivity contribution is 5.78. The van der Waals surface area contributed by atoms with Crippen LogP contribution in [0.4, 0.5) is 0 Å². The zero-order valence-electron chi connectivity index (χ0n) is 13.6. The largest absolute Gasteiger partial charge is 0.480 e. The van der Waals surface area contributed by atoms with Gasteiger partial charge in [0.05, 0.1) is 0 Å². The van der Waals surface area contributed by atoms with Crippen molar-refractivity contribution in [1.29, 1.82) is 0 Å². The lowest BCUT2D eigenvalue weighted by molar-refractivity contribution is -0.144. The van der Waals surface area contributed by atoms with Crippen molar-refractivity contribution in [3.05, 3.63) is 0 Å². The standard InChI is InChI=1S/C16H31N3O2/c1-3-8-17-16(2,15(20)21)7-4-9-18-10-12-19(13-11-18)14-5-6-14/h14,17H,3-13H2,1-2H3,(H,20,21). The topological polar surface area (TPSA) is 55.8 Å². The first-order chi connectivity index (χ1) is 10.0. The Morgan fingerprint density at radius 3 is 2.48 bits per heavy atom. The number of nitrogens with zero attached hydrogens (tertiary/aromatic N) is 2. The Morgan fingerprint density at radius 2 is 1.95 bits per heavy atom. The Balaban J connectivity index is 1.66. The van der Waals surface area contributed by atoms with E-state index < -0.39 is 11.5 Å². The SMILES string of the molecule is CCCNC(C)(CCCN1CCN(C2CC2)CC1)C(=O)O. The van der Waals surface area contributed by atoms with Crippen LogP contribution in [0.15, 0.2) is 0 Å². The molecule has 2 rings (SSSR count). The molecule has 1 saturated carbocycles. The third kappa shape index (κ3) is 4.94. The molecule has 1 aliphatic heterocycles. The van der Waals surface area contributed by atoms with Crippen LogP contribution in [0.2, 0.25) is 0 Å². The molecule has 0 radical (unpaired) electrons. The summed E-state index contributed by atoms with van der Waals surface area (Å²) in [5.41, 5.74) is -0.772. The van der Waals surface area contributed by atoms with Crippen LogP contribution in [0, 0.1) is 0 Å². The quantitative estimate of drug-likeness (QED) is 0.673. The van der Waals surface area contributed by atoms with Crippen molar-refractivity contribution < 1.29 is 9.90 Å². The van der Waals surface area contributed by atoms with Gasteiger partial charge in [0.2, 0.25) is 0 Å². The van der Waals surface area contributed by atoms with E-state index in [1.54, 1.807) is 0 Å². The summed E-state index contributed by atoms with van der Waals surface area (Å²) in [4.78, 5) is 16.6. The molecule has 2 aliphatic rings. The molecule has 21 heavy (non-hydrogen) atoms. The van der Waals surface area contributed by atoms with Gasteiger partial charge in [-0.15, -0.1) is 0 Å². The first-order valence-corrected chi connectivity index (χ1v) is 8.50. The van der Waals surface area contributed by atoms with Crippen LogP contribution in [-0.2, 0) is 4.79 Å². The zero-order chi connectivity index (χ0) is 15.3. The molecule has 0 bridgehead atoms. The highest BCUT2D eigenvalue weighted by Crippen LogP contribution is 2.27. The van der Waals surface area contributed by atoms with Gasteiger partial charge in [-0.25, -0.2) is 0 Å². The van der Waals surface area contributed by atoms with Crippen molar-refractivity contribution in [3.63, 3.8) is 0 Å². The molecular weight excluding hydrogens is 266 g/mol. The molecular formula is C16H31N3O2. The van der Waals surface area contributed by atoms with Crippen molar-refractivity contribution in [3.8, 4) is 0 Å². The minimum Gasteiger partial charge on any atom is -0.480 e. The van der Waals surface area contributed by atoms with Gasteiger partial charge in [-0.1, -0.05) is 6.92 Å². The Hall–Kier alpha value is -0.650. The fourth-order valence-electron chi connectivity index (χ4n) is 3.12. The van der Waals surface area contributed by atoms with Crippen molar-refractivity contribution in [2.24, 2.45) is 0 Å². The molecule has 1 aliphatic carbocycles. The van der Waals surface area contributed by atoms with E-state index in [1.807, 2.05) is 6.92 Å². The van der Waals surface area contributed by atoms with Crippen LogP contribution in [0.3, 0.4) is 0 Å². The van der Waals surface area contributed by atoms with Gasteiger partial charge < -0.3 is 15.3 Å². The molecule has 0 amide bonds. The minimum absolute atomic E-state index is 0.700. The van der Waals surface area contributed by atoms with Gasteiger partial charge >= 0.3 is 5.97 Å². The lowest BCUT2D eigenvalue weighted by atomic mass is 9.95. The number of rotatable bonds is 9. The molecule has 122 valence electrons. The molecule has 0 aromatic heterocycles. The molecule has 2 N–H and O–H groups in total. The Kier molecular flexibility index (Phi) is 6.02. The van der Waals surface area contributed by atoms with Gasteiger partial charge in [0.1, 0.15) is 5.54 Å². The van der Waals surface area contributed by atoms with Gasteiger partial charge in [0.25, 0.3) is 0 Å². The second kappa shape index (κ2) is 7.56. The number of nitrogens with one attached hydrogen (secondary N) is 1. The molecule has 0 aromatic rings. The van der Waals surface area contributed by atoms with Gasteiger partial charge in [-0.2, -0.15) is 0 Å².